The Morgan fingerprint density at radius 3 is 2.62 bits per heavy atom. The van der Waals surface area contributed by atoms with E-state index in [1.807, 2.05) is 24.3 Å². The van der Waals surface area contributed by atoms with Crippen molar-refractivity contribution >= 4 is 5.78 Å². The minimum absolute atomic E-state index is 0.277. The molecule has 0 unspecified atom stereocenters. The van der Waals surface area contributed by atoms with Crippen LogP contribution in [-0.2, 0) is 6.42 Å². The van der Waals surface area contributed by atoms with Crippen LogP contribution in [0.2, 0.25) is 0 Å². The highest BCUT2D eigenvalue weighted by molar-refractivity contribution is 5.99. The average molecular weight is 211 g/mol. The zero-order valence-electron chi connectivity index (χ0n) is 8.99. The van der Waals surface area contributed by atoms with E-state index in [2.05, 4.69) is 17.1 Å². The lowest BCUT2D eigenvalue weighted by Crippen LogP contribution is -2.08. The number of carbonyl (C=O) groups is 1. The fourth-order valence-electron chi connectivity index (χ4n) is 2.28. The van der Waals surface area contributed by atoms with Gasteiger partial charge in [-0.1, -0.05) is 30.3 Å². The topological polar surface area (TPSA) is 32.9 Å². The third-order valence-corrected chi connectivity index (χ3v) is 3.12. The minimum Gasteiger partial charge on any atom is -0.358 e. The predicted molar refractivity (Wildman–Crippen MR) is 63.5 cm³/mol. The molecular weight excluding hydrogens is 198 g/mol. The van der Waals surface area contributed by atoms with Crippen molar-refractivity contribution in [1.82, 2.24) is 4.98 Å². The first-order valence-electron chi connectivity index (χ1n) is 5.65. The van der Waals surface area contributed by atoms with E-state index in [9.17, 15) is 4.79 Å². The molecule has 0 spiro atoms. The largest absolute Gasteiger partial charge is 0.358 e. The second kappa shape index (κ2) is 3.63. The molecule has 16 heavy (non-hydrogen) atoms. The molecule has 0 saturated heterocycles. The molecule has 2 aromatic rings. The Hall–Kier alpha value is -1.83. The number of ketones is 1. The Morgan fingerprint density at radius 1 is 1.06 bits per heavy atom. The van der Waals surface area contributed by atoms with Gasteiger partial charge in [-0.3, -0.25) is 4.79 Å². The number of hydrogen-bond donors (Lipinski definition) is 1. The molecule has 0 saturated carbocycles. The molecule has 0 radical (unpaired) electrons. The number of carbonyl (C=O) groups excluding carboxylic acids is 1. The van der Waals surface area contributed by atoms with Gasteiger partial charge in [0, 0.05) is 23.4 Å². The van der Waals surface area contributed by atoms with Crippen molar-refractivity contribution in [1.29, 1.82) is 0 Å². The number of hydrogen-bond acceptors (Lipinski definition) is 1. The van der Waals surface area contributed by atoms with Crippen molar-refractivity contribution in [2.24, 2.45) is 0 Å². The van der Waals surface area contributed by atoms with E-state index in [0.717, 1.165) is 35.4 Å². The van der Waals surface area contributed by atoms with Crippen LogP contribution in [0.1, 0.15) is 28.9 Å². The maximum Gasteiger partial charge on any atom is 0.164 e. The van der Waals surface area contributed by atoms with Crippen LogP contribution in [-0.4, -0.2) is 10.8 Å². The van der Waals surface area contributed by atoms with Gasteiger partial charge in [0.05, 0.1) is 0 Å². The summed E-state index contributed by atoms with van der Waals surface area (Å²) in [4.78, 5) is 15.1. The minimum atomic E-state index is 0.277. The number of benzene rings is 1. The molecular formula is C14H13NO. The molecule has 1 N–H and O–H groups in total. The molecule has 0 fully saturated rings. The summed E-state index contributed by atoms with van der Waals surface area (Å²) in [7, 11) is 0. The fraction of sp³-hybridized carbons (Fsp3) is 0.214. The fourth-order valence-corrected chi connectivity index (χ4v) is 2.28. The summed E-state index contributed by atoms with van der Waals surface area (Å²) < 4.78 is 0. The first-order valence-corrected chi connectivity index (χ1v) is 5.65. The maximum absolute atomic E-state index is 11.7. The third-order valence-electron chi connectivity index (χ3n) is 3.12. The summed E-state index contributed by atoms with van der Waals surface area (Å²) in [6, 6.07) is 12.1. The van der Waals surface area contributed by atoms with Gasteiger partial charge >= 0.3 is 0 Å². The molecule has 0 atom stereocenters. The lowest BCUT2D eigenvalue weighted by Gasteiger charge is -2.08. The molecule has 0 amide bonds. The molecule has 1 aromatic carbocycles. The van der Waals surface area contributed by atoms with Gasteiger partial charge in [0.2, 0.25) is 0 Å². The predicted octanol–water partition coefficient (Wildman–Crippen LogP) is 3.20. The highest BCUT2D eigenvalue weighted by Gasteiger charge is 2.19. The molecule has 3 rings (SSSR count). The number of fused-ring (bicyclic) bond motifs is 1. The number of H-pyrrole nitrogens is 1. The Bertz CT molecular complexity index is 525. The average Bonchev–Trinajstić information content (AvgIpc) is 2.76. The van der Waals surface area contributed by atoms with E-state index in [1.165, 1.54) is 0 Å². The van der Waals surface area contributed by atoms with E-state index in [4.69, 9.17) is 0 Å². The summed E-state index contributed by atoms with van der Waals surface area (Å²) in [6.45, 7) is 0. The Morgan fingerprint density at radius 2 is 1.88 bits per heavy atom. The van der Waals surface area contributed by atoms with Crippen LogP contribution in [0.4, 0.5) is 0 Å². The van der Waals surface area contributed by atoms with Gasteiger partial charge in [0.25, 0.3) is 0 Å². The molecule has 0 aliphatic heterocycles. The van der Waals surface area contributed by atoms with Crippen molar-refractivity contribution in [3.05, 3.63) is 47.7 Å². The van der Waals surface area contributed by atoms with Crippen molar-refractivity contribution in [2.45, 2.75) is 19.3 Å². The van der Waals surface area contributed by atoms with Gasteiger partial charge in [-0.25, -0.2) is 0 Å². The molecule has 2 nitrogen and oxygen atoms in total. The number of Topliss-reactive ketones (excluding diaryl/α,β-unsaturated/α-hetero) is 1. The molecule has 1 aliphatic rings. The molecule has 0 bridgehead atoms. The highest BCUT2D eigenvalue weighted by atomic mass is 16.1. The lowest BCUT2D eigenvalue weighted by molar-refractivity contribution is 0.0972. The van der Waals surface area contributed by atoms with Crippen molar-refractivity contribution in [2.75, 3.05) is 0 Å². The highest BCUT2D eigenvalue weighted by Crippen LogP contribution is 2.27. The second-order valence-corrected chi connectivity index (χ2v) is 4.22. The van der Waals surface area contributed by atoms with Gasteiger partial charge in [0.15, 0.2) is 5.78 Å². The quantitative estimate of drug-likeness (QED) is 0.772. The summed E-state index contributed by atoms with van der Waals surface area (Å²) >= 11 is 0. The lowest BCUT2D eigenvalue weighted by atomic mass is 9.97. The molecule has 80 valence electrons. The molecule has 2 heteroatoms. The number of aromatic nitrogens is 1. The van der Waals surface area contributed by atoms with E-state index in [-0.39, 0.29) is 5.78 Å². The number of aromatic amines is 1. The zero-order valence-corrected chi connectivity index (χ0v) is 8.99. The van der Waals surface area contributed by atoms with Crippen molar-refractivity contribution in [3.8, 4) is 11.3 Å². The monoisotopic (exact) mass is 211 g/mol. The maximum atomic E-state index is 11.7. The molecule has 1 heterocycles. The van der Waals surface area contributed by atoms with Gasteiger partial charge in [-0.05, 0) is 24.5 Å². The van der Waals surface area contributed by atoms with E-state index in [1.54, 1.807) is 0 Å². The summed E-state index contributed by atoms with van der Waals surface area (Å²) in [6.07, 6.45) is 2.66. The SMILES string of the molecule is O=C1CCCc2[nH]c(-c3ccccc3)cc21. The van der Waals surface area contributed by atoms with Crippen LogP contribution in [0, 0.1) is 0 Å². The van der Waals surface area contributed by atoms with Crippen LogP contribution < -0.4 is 0 Å². The summed E-state index contributed by atoms with van der Waals surface area (Å²) in [5.74, 6) is 0.277. The molecule has 1 aliphatic carbocycles. The van der Waals surface area contributed by atoms with Crippen LogP contribution >= 0.6 is 0 Å². The second-order valence-electron chi connectivity index (χ2n) is 4.22. The summed E-state index contributed by atoms with van der Waals surface area (Å²) in [5, 5.41) is 0. The van der Waals surface area contributed by atoms with E-state index >= 15 is 0 Å². The first-order chi connectivity index (χ1) is 7.84. The van der Waals surface area contributed by atoms with Gasteiger partial charge in [-0.15, -0.1) is 0 Å². The standard InChI is InChI=1S/C14H13NO/c16-14-8-4-7-12-11(14)9-13(15-12)10-5-2-1-3-6-10/h1-3,5-6,9,15H,4,7-8H2. The Labute approximate surface area is 94.3 Å². The summed E-state index contributed by atoms with van der Waals surface area (Å²) in [5.41, 5.74) is 4.20. The smallest absolute Gasteiger partial charge is 0.164 e. The molecule has 1 aromatic heterocycles. The number of nitrogens with one attached hydrogen (secondary N) is 1. The number of aryl methyl sites for hydroxylation is 1. The van der Waals surface area contributed by atoms with Crippen molar-refractivity contribution in [3.63, 3.8) is 0 Å². The van der Waals surface area contributed by atoms with Crippen LogP contribution in [0.15, 0.2) is 36.4 Å². The first kappa shape index (κ1) is 9.40. The van der Waals surface area contributed by atoms with Crippen LogP contribution in [0.25, 0.3) is 11.3 Å². The van der Waals surface area contributed by atoms with Crippen LogP contribution in [0.3, 0.4) is 0 Å². The van der Waals surface area contributed by atoms with Gasteiger partial charge in [-0.2, -0.15) is 0 Å². The zero-order chi connectivity index (χ0) is 11.0. The Kier molecular flexibility index (Phi) is 2.13. The Balaban J connectivity index is 2.08. The third kappa shape index (κ3) is 1.47. The van der Waals surface area contributed by atoms with E-state index < -0.39 is 0 Å². The van der Waals surface area contributed by atoms with Gasteiger partial charge < -0.3 is 4.98 Å². The normalized spacial score (nSPS) is 14.9. The van der Waals surface area contributed by atoms with Crippen molar-refractivity contribution < 1.29 is 4.79 Å². The van der Waals surface area contributed by atoms with Crippen LogP contribution in [0.5, 0.6) is 0 Å². The van der Waals surface area contributed by atoms with E-state index in [0.29, 0.717) is 6.42 Å². The van der Waals surface area contributed by atoms with Gasteiger partial charge in [0.1, 0.15) is 0 Å². The number of rotatable bonds is 1.